The van der Waals surface area contributed by atoms with Crippen molar-refractivity contribution in [3.05, 3.63) is 0 Å². The van der Waals surface area contributed by atoms with Crippen molar-refractivity contribution in [2.75, 3.05) is 98.9 Å². The predicted molar refractivity (Wildman–Crippen MR) is 315 cm³/mol. The zero-order valence-electron chi connectivity index (χ0n) is 52.9. The summed E-state index contributed by atoms with van der Waals surface area (Å²) in [5.41, 5.74) is 0. The van der Waals surface area contributed by atoms with Crippen LogP contribution in [0.1, 0.15) is 98.8 Å². The van der Waals surface area contributed by atoms with E-state index in [1.165, 1.54) is 20.8 Å². The molecule has 0 radical (unpaired) electrons. The monoisotopic (exact) mass is 1330 g/mol. The number of hydrogen-bond acceptors (Lipinski definition) is 27. The van der Waals surface area contributed by atoms with Crippen LogP contribution in [0.3, 0.4) is 0 Å². The fourth-order valence-electron chi connectivity index (χ4n) is 9.75. The Labute approximate surface area is 533 Å². The largest absolute Gasteiger partial charge is 0.394 e. The first-order valence-electron chi connectivity index (χ1n) is 31.0. The van der Waals surface area contributed by atoms with Gasteiger partial charge < -0.3 is 131 Å². The Kier molecular flexibility index (Phi) is 39.1. The maximum Gasteiger partial charge on any atom is 0.242 e. The van der Waals surface area contributed by atoms with Gasteiger partial charge in [0, 0.05) is 72.0 Å². The number of rotatable bonds is 45. The van der Waals surface area contributed by atoms with E-state index in [-0.39, 0.29) is 116 Å². The highest BCUT2D eigenvalue weighted by Crippen LogP contribution is 2.25. The molecular formula is C57H100N8O27. The molecule has 35 nitrogen and oxygen atoms in total. The number of carbonyl (C=O) groups excluding carboxylic acids is 9. The first-order chi connectivity index (χ1) is 43.8. The van der Waals surface area contributed by atoms with E-state index in [1.54, 1.807) is 0 Å². The second-order valence-electron chi connectivity index (χ2n) is 22.5. The van der Waals surface area contributed by atoms with Gasteiger partial charge in [-0.2, -0.15) is 0 Å². The van der Waals surface area contributed by atoms with Crippen LogP contribution in [0.5, 0.6) is 0 Å². The minimum absolute atomic E-state index is 0.0165. The Bertz CT molecular complexity index is 2250. The first kappa shape index (κ1) is 80.9. The number of nitrogens with one attached hydrogen (secondary N) is 8. The van der Waals surface area contributed by atoms with Gasteiger partial charge in [0.1, 0.15) is 90.9 Å². The Balaban J connectivity index is 1.62. The molecule has 3 aliphatic rings. The number of amides is 8. The molecule has 3 heterocycles. The summed E-state index contributed by atoms with van der Waals surface area (Å²) < 4.78 is 50.2. The normalized spacial score (nSPS) is 27.0. The molecule has 3 saturated heterocycles. The molecule has 17 atom stereocenters. The molecule has 0 spiro atoms. The highest BCUT2D eigenvalue weighted by Gasteiger charge is 2.48. The number of hydrogen-bond donors (Lipinski definition) is 17. The van der Waals surface area contributed by atoms with Crippen LogP contribution in [0, 0.1) is 5.92 Å². The third-order valence-electron chi connectivity index (χ3n) is 14.8. The van der Waals surface area contributed by atoms with Gasteiger partial charge in [0.15, 0.2) is 18.9 Å². The molecule has 530 valence electrons. The highest BCUT2D eigenvalue weighted by atomic mass is 16.7. The molecule has 0 bridgehead atoms. The lowest BCUT2D eigenvalue weighted by molar-refractivity contribution is -0.272. The summed E-state index contributed by atoms with van der Waals surface area (Å²) in [5, 5.41) is 112. The molecule has 0 aliphatic carbocycles. The number of carbonyl (C=O) groups is 9. The number of ketones is 1. The minimum atomic E-state index is -1.54. The molecule has 0 saturated carbocycles. The Hall–Kier alpha value is -5.29. The number of unbranched alkanes of at least 4 members (excludes halogenated alkanes) is 3. The van der Waals surface area contributed by atoms with Crippen molar-refractivity contribution in [2.24, 2.45) is 5.92 Å². The highest BCUT2D eigenvalue weighted by molar-refractivity contribution is 5.90. The second-order valence-corrected chi connectivity index (χ2v) is 22.5. The SMILES string of the molecule is CC(=O)NC1C(OCCOCCNC(=O)CCC(NC(=O)CCC(NC(=O)CCCCCCC(=O)C(C)C)C(=O)NCCOCCOC2OC(CO)C(O)C(O)C2NC(C)=O)C(=O)NCCOCCOC2OC(CO)C(O)C(O)C2NC(C)=O)OC(CO)C(O)C1O. The number of aliphatic hydroxyl groups excluding tert-OH is 9. The van der Waals surface area contributed by atoms with Gasteiger partial charge in [0.05, 0.1) is 79.3 Å². The van der Waals surface area contributed by atoms with E-state index < -0.39 is 178 Å². The molecule has 0 aromatic heterocycles. The van der Waals surface area contributed by atoms with Crippen LogP contribution in [0.2, 0.25) is 0 Å². The average Bonchev–Trinajstić information content (AvgIpc) is 0.979. The molecule has 92 heavy (non-hydrogen) atoms. The summed E-state index contributed by atoms with van der Waals surface area (Å²) >= 11 is 0. The lowest BCUT2D eigenvalue weighted by Gasteiger charge is -2.42. The quantitative estimate of drug-likeness (QED) is 0.0252. The molecule has 3 fully saturated rings. The van der Waals surface area contributed by atoms with Crippen molar-refractivity contribution in [3.8, 4) is 0 Å². The van der Waals surface area contributed by atoms with Crippen molar-refractivity contribution >= 4 is 53.0 Å². The number of Topliss-reactive ketones (excluding diaryl/α,β-unsaturated/α-hetero) is 1. The zero-order chi connectivity index (χ0) is 68.3. The van der Waals surface area contributed by atoms with Crippen LogP contribution >= 0.6 is 0 Å². The molecule has 0 aromatic carbocycles. The van der Waals surface area contributed by atoms with Crippen LogP contribution in [-0.4, -0.2) is 302 Å². The predicted octanol–water partition coefficient (Wildman–Crippen LogP) is -7.64. The van der Waals surface area contributed by atoms with Gasteiger partial charge in [-0.25, -0.2) is 0 Å². The Morgan fingerprint density at radius 1 is 0.402 bits per heavy atom. The summed E-state index contributed by atoms with van der Waals surface area (Å²) in [6.07, 6.45) is -14.9. The molecular weight excluding hydrogens is 1230 g/mol. The summed E-state index contributed by atoms with van der Waals surface area (Å²) in [4.78, 5) is 115. The smallest absolute Gasteiger partial charge is 0.242 e. The molecule has 17 N–H and O–H groups in total. The summed E-state index contributed by atoms with van der Waals surface area (Å²) in [5.74, 6) is -4.76. The lowest BCUT2D eigenvalue weighted by atomic mass is 9.97. The minimum Gasteiger partial charge on any atom is -0.394 e. The van der Waals surface area contributed by atoms with Crippen molar-refractivity contribution in [1.82, 2.24) is 42.5 Å². The average molecular weight is 1330 g/mol. The van der Waals surface area contributed by atoms with Crippen LogP contribution in [0.25, 0.3) is 0 Å². The third kappa shape index (κ3) is 29.6. The first-order valence-corrected chi connectivity index (χ1v) is 31.0. The van der Waals surface area contributed by atoms with E-state index in [9.17, 15) is 89.1 Å². The fourth-order valence-corrected chi connectivity index (χ4v) is 9.75. The van der Waals surface area contributed by atoms with E-state index >= 15 is 0 Å². The molecule has 35 heteroatoms. The van der Waals surface area contributed by atoms with Crippen molar-refractivity contribution in [2.45, 2.75) is 203 Å². The van der Waals surface area contributed by atoms with Gasteiger partial charge in [0.25, 0.3) is 0 Å². The summed E-state index contributed by atoms with van der Waals surface area (Å²) in [6, 6.07) is -6.13. The maximum absolute atomic E-state index is 13.7. The van der Waals surface area contributed by atoms with Crippen LogP contribution in [-0.2, 0) is 85.8 Å². The third-order valence-corrected chi connectivity index (χ3v) is 14.8. The second kappa shape index (κ2) is 44.4. The molecule has 3 rings (SSSR count). The topological polar surface area (TPSA) is 515 Å². The molecule has 3 aliphatic heterocycles. The maximum atomic E-state index is 13.7. The van der Waals surface area contributed by atoms with Crippen LogP contribution in [0.15, 0.2) is 0 Å². The number of aliphatic hydroxyl groups is 9. The van der Waals surface area contributed by atoms with Gasteiger partial charge >= 0.3 is 0 Å². The summed E-state index contributed by atoms with van der Waals surface area (Å²) in [7, 11) is 0. The molecule has 17 unspecified atom stereocenters. The van der Waals surface area contributed by atoms with Gasteiger partial charge in [0.2, 0.25) is 47.3 Å². The van der Waals surface area contributed by atoms with E-state index in [2.05, 4.69) is 42.5 Å². The number of ether oxygens (including phenoxy) is 9. The van der Waals surface area contributed by atoms with Crippen LogP contribution < -0.4 is 42.5 Å². The van der Waals surface area contributed by atoms with Gasteiger partial charge in [-0.1, -0.05) is 26.7 Å². The molecule has 0 aromatic rings. The summed E-state index contributed by atoms with van der Waals surface area (Å²) in [6.45, 7) is 4.15. The van der Waals surface area contributed by atoms with Crippen LogP contribution in [0.4, 0.5) is 0 Å². The van der Waals surface area contributed by atoms with E-state index in [0.29, 0.717) is 32.1 Å². The van der Waals surface area contributed by atoms with Gasteiger partial charge in [-0.15, -0.1) is 0 Å². The van der Waals surface area contributed by atoms with E-state index in [1.807, 2.05) is 13.8 Å². The van der Waals surface area contributed by atoms with Crippen molar-refractivity contribution in [1.29, 1.82) is 0 Å². The standard InChI is InChI=1S/C57H100N8O27/c1-31(2)37(72)10-8-6-7-9-11-42(74)64-36(54(83)60-18-21-86-24-27-89-57-46(63-34(5)71)52(81)49(78)40(30-68)92-57)13-15-43(75)65-35(53(82)59-17-20-85-23-26-88-56-45(62-33(4)70)51(80)48(77)39(29-67)91-56)12-14-41(73)58-16-19-84-22-25-87-55-44(61-32(3)69)50(79)47(76)38(28-66)90-55/h31,35-36,38-40,44-52,55-57,66-68,76-81H,6-30H2,1-5H3,(H,58,73)(H,59,82)(H,60,83)(H,61,69)(H,62,70)(H,63,71)(H,64,74)(H,65,75). The lowest BCUT2D eigenvalue weighted by Crippen LogP contribution is -2.64. The fraction of sp³-hybridized carbons (Fsp3) is 0.842. The van der Waals surface area contributed by atoms with Crippen molar-refractivity contribution < 1.29 is 132 Å². The Morgan fingerprint density at radius 3 is 1.07 bits per heavy atom. The van der Waals surface area contributed by atoms with Crippen molar-refractivity contribution in [3.63, 3.8) is 0 Å². The van der Waals surface area contributed by atoms with E-state index in [4.69, 9.17) is 42.6 Å². The van der Waals surface area contributed by atoms with Gasteiger partial charge in [-0.3, -0.25) is 43.2 Å². The van der Waals surface area contributed by atoms with E-state index in [0.717, 1.165) is 0 Å². The van der Waals surface area contributed by atoms with Gasteiger partial charge in [-0.05, 0) is 25.7 Å². The Morgan fingerprint density at radius 2 is 0.728 bits per heavy atom. The molecule has 8 amide bonds. The zero-order valence-corrected chi connectivity index (χ0v) is 52.9.